The van der Waals surface area contributed by atoms with E-state index < -0.39 is 0 Å². The van der Waals surface area contributed by atoms with Gasteiger partial charge in [0, 0.05) is 37.9 Å². The van der Waals surface area contributed by atoms with Crippen molar-refractivity contribution in [3.05, 3.63) is 11.7 Å². The van der Waals surface area contributed by atoms with E-state index in [4.69, 9.17) is 4.52 Å². The number of nitrogens with zero attached hydrogens (tertiary/aromatic N) is 3. The summed E-state index contributed by atoms with van der Waals surface area (Å²) < 4.78 is 5.24. The first kappa shape index (κ1) is 15.9. The Hall–Kier alpha value is -1.43. The van der Waals surface area contributed by atoms with Gasteiger partial charge in [0.15, 0.2) is 5.82 Å². The molecule has 1 N–H and O–H groups in total. The van der Waals surface area contributed by atoms with Crippen molar-refractivity contribution < 1.29 is 9.32 Å². The van der Waals surface area contributed by atoms with Crippen LogP contribution in [0.3, 0.4) is 0 Å². The Morgan fingerprint density at radius 1 is 1.48 bits per heavy atom. The zero-order valence-electron chi connectivity index (χ0n) is 13.5. The van der Waals surface area contributed by atoms with Crippen LogP contribution in [0.2, 0.25) is 0 Å². The fourth-order valence-electron chi connectivity index (χ4n) is 2.40. The van der Waals surface area contributed by atoms with Gasteiger partial charge in [-0.05, 0) is 19.4 Å². The second-order valence-corrected chi connectivity index (χ2v) is 6.77. The lowest BCUT2D eigenvalue weighted by Crippen LogP contribution is -2.38. The maximum Gasteiger partial charge on any atom is 0.226 e. The molecule has 1 aromatic rings. The Morgan fingerprint density at radius 2 is 2.24 bits per heavy atom. The van der Waals surface area contributed by atoms with Crippen LogP contribution in [0, 0.1) is 0 Å². The van der Waals surface area contributed by atoms with Crippen molar-refractivity contribution >= 4 is 5.91 Å². The second-order valence-electron chi connectivity index (χ2n) is 6.77. The molecule has 0 spiro atoms. The van der Waals surface area contributed by atoms with E-state index in [-0.39, 0.29) is 11.3 Å². The first-order chi connectivity index (χ1) is 9.88. The number of aromatic nitrogens is 2. The third-order valence-electron chi connectivity index (χ3n) is 3.90. The molecule has 6 nitrogen and oxygen atoms in total. The molecule has 118 valence electrons. The lowest BCUT2D eigenvalue weighted by Gasteiger charge is -2.23. The standard InChI is InChI=1S/C15H26N4O2/c1-15(2,3)14-17-12(21-18-14)6-5-7-13(20)19(4)11-8-9-16-10-11/h11,16H,5-10H2,1-4H3. The number of carbonyl (C=O) groups excluding carboxylic acids is 1. The molecule has 0 bridgehead atoms. The monoisotopic (exact) mass is 294 g/mol. The molecule has 2 rings (SSSR count). The fraction of sp³-hybridized carbons (Fsp3) is 0.800. The van der Waals surface area contributed by atoms with Gasteiger partial charge >= 0.3 is 0 Å². The van der Waals surface area contributed by atoms with Crippen LogP contribution in [0.25, 0.3) is 0 Å². The average molecular weight is 294 g/mol. The van der Waals surface area contributed by atoms with Crippen LogP contribution in [0.5, 0.6) is 0 Å². The van der Waals surface area contributed by atoms with E-state index in [2.05, 4.69) is 36.2 Å². The normalized spacial score (nSPS) is 19.0. The molecule has 0 radical (unpaired) electrons. The number of aryl methyl sites for hydroxylation is 1. The maximum atomic E-state index is 12.1. The number of rotatable bonds is 5. The molecule has 6 heteroatoms. The third-order valence-corrected chi connectivity index (χ3v) is 3.90. The Balaban J connectivity index is 1.76. The van der Waals surface area contributed by atoms with Gasteiger partial charge in [0.2, 0.25) is 11.8 Å². The van der Waals surface area contributed by atoms with E-state index in [1.54, 1.807) is 0 Å². The Kier molecular flexibility index (Phi) is 4.98. The van der Waals surface area contributed by atoms with Gasteiger partial charge in [-0.25, -0.2) is 0 Å². The van der Waals surface area contributed by atoms with E-state index >= 15 is 0 Å². The van der Waals surface area contributed by atoms with E-state index in [9.17, 15) is 4.79 Å². The first-order valence-electron chi connectivity index (χ1n) is 7.67. The highest BCUT2D eigenvalue weighted by atomic mass is 16.5. The quantitative estimate of drug-likeness (QED) is 0.891. The molecule has 1 atom stereocenters. The van der Waals surface area contributed by atoms with E-state index in [1.807, 2.05) is 11.9 Å². The SMILES string of the molecule is CN(C(=O)CCCc1nc(C(C)(C)C)no1)C1CCNC1. The summed E-state index contributed by atoms with van der Waals surface area (Å²) in [7, 11) is 1.89. The number of likely N-dealkylation sites (N-methyl/N-ethyl adjacent to an activating group) is 1. The van der Waals surface area contributed by atoms with Gasteiger partial charge in [0.05, 0.1) is 0 Å². The van der Waals surface area contributed by atoms with Crippen LogP contribution in [-0.2, 0) is 16.6 Å². The zero-order valence-corrected chi connectivity index (χ0v) is 13.5. The molecule has 0 saturated carbocycles. The summed E-state index contributed by atoms with van der Waals surface area (Å²) in [5, 5.41) is 7.27. The molecule has 1 unspecified atom stereocenters. The number of hydrogen-bond donors (Lipinski definition) is 1. The number of nitrogens with one attached hydrogen (secondary N) is 1. The fourth-order valence-corrected chi connectivity index (χ4v) is 2.40. The van der Waals surface area contributed by atoms with Crippen LogP contribution >= 0.6 is 0 Å². The van der Waals surface area contributed by atoms with Gasteiger partial charge in [-0.1, -0.05) is 25.9 Å². The first-order valence-corrected chi connectivity index (χ1v) is 7.67. The van der Waals surface area contributed by atoms with Crippen LogP contribution < -0.4 is 5.32 Å². The van der Waals surface area contributed by atoms with Crippen LogP contribution in [0.4, 0.5) is 0 Å². The Labute approximate surface area is 126 Å². The van der Waals surface area contributed by atoms with Crippen molar-refractivity contribution in [1.82, 2.24) is 20.4 Å². The Bertz CT molecular complexity index is 472. The second kappa shape index (κ2) is 6.56. The predicted molar refractivity (Wildman–Crippen MR) is 80.0 cm³/mol. The van der Waals surface area contributed by atoms with Gasteiger partial charge in [0.1, 0.15) is 0 Å². The molecular formula is C15H26N4O2. The lowest BCUT2D eigenvalue weighted by atomic mass is 9.96. The van der Waals surface area contributed by atoms with Crippen molar-refractivity contribution in [3.63, 3.8) is 0 Å². The molecule has 1 aliphatic heterocycles. The minimum atomic E-state index is -0.104. The average Bonchev–Trinajstić information content (AvgIpc) is 3.08. The van der Waals surface area contributed by atoms with Crippen LogP contribution in [-0.4, -0.2) is 47.1 Å². The highest BCUT2D eigenvalue weighted by molar-refractivity contribution is 5.76. The molecule has 1 amide bonds. The molecule has 0 aromatic carbocycles. The molecule has 21 heavy (non-hydrogen) atoms. The van der Waals surface area contributed by atoms with Gasteiger partial charge < -0.3 is 14.7 Å². The number of hydrogen-bond acceptors (Lipinski definition) is 5. The van der Waals surface area contributed by atoms with Crippen molar-refractivity contribution in [2.45, 2.75) is 57.9 Å². The largest absolute Gasteiger partial charge is 0.341 e. The summed E-state index contributed by atoms with van der Waals surface area (Å²) in [6, 6.07) is 0.341. The zero-order chi connectivity index (χ0) is 15.5. The topological polar surface area (TPSA) is 71.3 Å². The highest BCUT2D eigenvalue weighted by Crippen LogP contribution is 2.19. The van der Waals surface area contributed by atoms with Crippen molar-refractivity contribution in [3.8, 4) is 0 Å². The van der Waals surface area contributed by atoms with Gasteiger partial charge in [0.25, 0.3) is 0 Å². The summed E-state index contributed by atoms with van der Waals surface area (Å²) in [5.41, 5.74) is -0.104. The van der Waals surface area contributed by atoms with E-state index in [0.717, 1.165) is 31.8 Å². The van der Waals surface area contributed by atoms with Gasteiger partial charge in [-0.15, -0.1) is 0 Å². The lowest BCUT2D eigenvalue weighted by molar-refractivity contribution is -0.131. The van der Waals surface area contributed by atoms with Crippen molar-refractivity contribution in [1.29, 1.82) is 0 Å². The molecule has 1 saturated heterocycles. The molecule has 1 fully saturated rings. The number of amides is 1. The molecule has 1 aliphatic rings. The van der Waals surface area contributed by atoms with Gasteiger partial charge in [-0.2, -0.15) is 4.98 Å². The summed E-state index contributed by atoms with van der Waals surface area (Å²) in [5.74, 6) is 1.54. The highest BCUT2D eigenvalue weighted by Gasteiger charge is 2.23. The minimum absolute atomic E-state index is 0.104. The smallest absolute Gasteiger partial charge is 0.226 e. The van der Waals surface area contributed by atoms with Crippen LogP contribution in [0.15, 0.2) is 4.52 Å². The van der Waals surface area contributed by atoms with Crippen LogP contribution in [0.1, 0.15) is 51.7 Å². The summed E-state index contributed by atoms with van der Waals surface area (Å²) in [6.45, 7) is 8.06. The van der Waals surface area contributed by atoms with E-state index in [1.165, 1.54) is 0 Å². The van der Waals surface area contributed by atoms with Gasteiger partial charge in [-0.3, -0.25) is 4.79 Å². The molecule has 1 aromatic heterocycles. The predicted octanol–water partition coefficient (Wildman–Crippen LogP) is 1.51. The summed E-state index contributed by atoms with van der Waals surface area (Å²) in [4.78, 5) is 18.4. The van der Waals surface area contributed by atoms with Crippen molar-refractivity contribution in [2.24, 2.45) is 0 Å². The Morgan fingerprint density at radius 3 is 2.81 bits per heavy atom. The minimum Gasteiger partial charge on any atom is -0.341 e. The maximum absolute atomic E-state index is 12.1. The third kappa shape index (κ3) is 4.27. The number of carbonyl (C=O) groups is 1. The molecule has 0 aliphatic carbocycles. The molecule has 2 heterocycles. The summed E-state index contributed by atoms with van der Waals surface area (Å²) >= 11 is 0. The summed E-state index contributed by atoms with van der Waals surface area (Å²) in [6.07, 6.45) is 2.97. The van der Waals surface area contributed by atoms with E-state index in [0.29, 0.717) is 24.8 Å². The van der Waals surface area contributed by atoms with Crippen molar-refractivity contribution in [2.75, 3.05) is 20.1 Å². The molecular weight excluding hydrogens is 268 g/mol.